The van der Waals surface area contributed by atoms with E-state index in [0.717, 1.165) is 57.8 Å². The van der Waals surface area contributed by atoms with Gasteiger partial charge in [0.05, 0.1) is 12.7 Å². The summed E-state index contributed by atoms with van der Waals surface area (Å²) < 4.78 is 26.2. The third-order valence-electron chi connectivity index (χ3n) is 7.62. The van der Waals surface area contributed by atoms with Gasteiger partial charge in [0.2, 0.25) is 0 Å². The Morgan fingerprint density at radius 3 is 1.58 bits per heavy atom. The number of phosphoric ester groups is 1. The molecule has 0 saturated heterocycles. The summed E-state index contributed by atoms with van der Waals surface area (Å²) in [7, 11) is -4.77. The minimum atomic E-state index is -4.77. The second-order valence-corrected chi connectivity index (χ2v) is 13.7. The lowest BCUT2D eigenvalue weighted by atomic mass is 10.0. The number of rotatable bonds is 33. The Morgan fingerprint density at radius 1 is 0.625 bits per heavy atom. The minimum Gasteiger partial charge on any atom is -0.462 e. The van der Waals surface area contributed by atoms with Crippen LogP contribution in [0.25, 0.3) is 0 Å². The second-order valence-electron chi connectivity index (χ2n) is 12.5. The average Bonchev–Trinajstić information content (AvgIpc) is 3.03. The summed E-state index contributed by atoms with van der Waals surface area (Å²) in [6.07, 6.45) is 36.8. The summed E-state index contributed by atoms with van der Waals surface area (Å²) >= 11 is 0. The van der Waals surface area contributed by atoms with Crippen molar-refractivity contribution in [3.63, 3.8) is 0 Å². The highest BCUT2D eigenvalue weighted by molar-refractivity contribution is 7.46. The zero-order chi connectivity index (χ0) is 35.6. The summed E-state index contributed by atoms with van der Waals surface area (Å²) in [5.74, 6) is -0.969. The molecule has 0 aliphatic heterocycles. The minimum absolute atomic E-state index is 0.179. The molecule has 0 aromatic heterocycles. The van der Waals surface area contributed by atoms with Gasteiger partial charge in [-0.1, -0.05) is 126 Å². The van der Waals surface area contributed by atoms with Gasteiger partial charge in [0.15, 0.2) is 6.10 Å². The zero-order valence-corrected chi connectivity index (χ0v) is 30.9. The zero-order valence-electron chi connectivity index (χ0n) is 30.0. The van der Waals surface area contributed by atoms with Gasteiger partial charge in [-0.15, -0.1) is 0 Å². The second kappa shape index (κ2) is 33.5. The van der Waals surface area contributed by atoms with Crippen molar-refractivity contribution in [2.45, 2.75) is 167 Å². The topological polar surface area (TPSA) is 140 Å². The smallest absolute Gasteiger partial charge is 0.462 e. The molecule has 0 bridgehead atoms. The Labute approximate surface area is 291 Å². The number of hydrogen-bond donors (Lipinski definition) is 3. The third-order valence-corrected chi connectivity index (χ3v) is 8.10. The SMILES string of the molecule is CCCCCCCCCCCCCCC(=O)O[C@H](COC(=O)CCC/C=C\C/C=C\C/C=C\C/C=C\CCC[C@@H](C)O)COP(=O)(O)O. The number of hydrogen-bond acceptors (Lipinski definition) is 7. The Morgan fingerprint density at radius 2 is 1.08 bits per heavy atom. The van der Waals surface area contributed by atoms with Crippen molar-refractivity contribution in [1.82, 2.24) is 0 Å². The van der Waals surface area contributed by atoms with E-state index in [4.69, 9.17) is 19.3 Å². The summed E-state index contributed by atoms with van der Waals surface area (Å²) in [6, 6.07) is 0. The van der Waals surface area contributed by atoms with Crippen molar-refractivity contribution >= 4 is 19.8 Å². The molecule has 9 nitrogen and oxygen atoms in total. The molecule has 0 heterocycles. The summed E-state index contributed by atoms with van der Waals surface area (Å²) in [5, 5.41) is 9.23. The number of carbonyl (C=O) groups is 2. The quantitative estimate of drug-likeness (QED) is 0.0264. The van der Waals surface area contributed by atoms with Gasteiger partial charge in [0.1, 0.15) is 6.61 Å². The van der Waals surface area contributed by atoms with Crippen LogP contribution in [0.4, 0.5) is 0 Å². The van der Waals surface area contributed by atoms with Gasteiger partial charge in [-0.2, -0.15) is 0 Å². The fourth-order valence-electron chi connectivity index (χ4n) is 4.85. The number of esters is 2. The first-order chi connectivity index (χ1) is 23.1. The number of unbranched alkanes of at least 4 members (excludes halogenated alkanes) is 13. The molecule has 0 amide bonds. The highest BCUT2D eigenvalue weighted by Crippen LogP contribution is 2.36. The van der Waals surface area contributed by atoms with E-state index in [1.807, 2.05) is 19.1 Å². The van der Waals surface area contributed by atoms with E-state index in [0.29, 0.717) is 19.3 Å². The van der Waals surface area contributed by atoms with Gasteiger partial charge in [0, 0.05) is 12.8 Å². The standard InChI is InChI=1S/C38H67O9P/c1-3-4-5-6-7-8-9-16-20-23-26-29-32-38(41)47-36(34-46-48(42,43)44)33-45-37(40)31-28-25-22-19-17-14-12-10-11-13-15-18-21-24-27-30-35(2)39/h11-14,18-19,21-22,35-36,39H,3-10,15-17,20,23-34H2,1-2H3,(H2,42,43,44)/b13-11-,14-12-,21-18-,22-19-/t35-,36-/m1/s1. The van der Waals surface area contributed by atoms with Crippen LogP contribution in [0, 0.1) is 0 Å². The van der Waals surface area contributed by atoms with Gasteiger partial charge in [-0.25, -0.2) is 4.57 Å². The van der Waals surface area contributed by atoms with Crippen LogP contribution in [0.1, 0.15) is 155 Å². The van der Waals surface area contributed by atoms with Crippen LogP contribution < -0.4 is 0 Å². The Hall–Kier alpha value is -2.03. The molecule has 0 saturated carbocycles. The van der Waals surface area contributed by atoms with Crippen LogP contribution in [0.5, 0.6) is 0 Å². The van der Waals surface area contributed by atoms with Crippen LogP contribution in [-0.2, 0) is 28.2 Å². The number of carbonyl (C=O) groups excluding carboxylic acids is 2. The molecule has 0 spiro atoms. The molecule has 0 aliphatic rings. The fraction of sp³-hybridized carbons (Fsp3) is 0.737. The summed E-state index contributed by atoms with van der Waals surface area (Å²) in [5.41, 5.74) is 0. The van der Waals surface area contributed by atoms with Crippen molar-refractivity contribution < 1.29 is 43.0 Å². The Kier molecular flexibility index (Phi) is 32.1. The largest absolute Gasteiger partial charge is 0.469 e. The maximum absolute atomic E-state index is 12.3. The summed E-state index contributed by atoms with van der Waals surface area (Å²) in [4.78, 5) is 42.6. The summed E-state index contributed by atoms with van der Waals surface area (Å²) in [6.45, 7) is 3.16. The van der Waals surface area contributed by atoms with Crippen LogP contribution in [-0.4, -0.2) is 52.3 Å². The average molecular weight is 699 g/mol. The monoisotopic (exact) mass is 698 g/mol. The van der Waals surface area contributed by atoms with Crippen molar-refractivity contribution in [2.24, 2.45) is 0 Å². The molecule has 2 atom stereocenters. The Balaban J connectivity index is 4.08. The van der Waals surface area contributed by atoms with E-state index in [2.05, 4.69) is 47.9 Å². The number of ether oxygens (including phenoxy) is 2. The number of aliphatic hydroxyl groups is 1. The number of allylic oxidation sites excluding steroid dienone is 8. The number of aliphatic hydroxyl groups excluding tert-OH is 1. The highest BCUT2D eigenvalue weighted by Gasteiger charge is 2.22. The molecule has 0 radical (unpaired) electrons. The lowest BCUT2D eigenvalue weighted by molar-refractivity contribution is -0.161. The molecule has 48 heavy (non-hydrogen) atoms. The fourth-order valence-corrected chi connectivity index (χ4v) is 5.21. The first-order valence-electron chi connectivity index (χ1n) is 18.5. The molecular formula is C38H67O9P. The molecule has 0 fully saturated rings. The van der Waals surface area contributed by atoms with Gasteiger partial charge in [0.25, 0.3) is 0 Å². The lowest BCUT2D eigenvalue weighted by Gasteiger charge is -2.18. The first-order valence-corrected chi connectivity index (χ1v) is 20.0. The molecule has 0 aliphatic carbocycles. The van der Waals surface area contributed by atoms with Crippen LogP contribution >= 0.6 is 7.82 Å². The maximum atomic E-state index is 12.3. The molecule has 0 unspecified atom stereocenters. The van der Waals surface area contributed by atoms with Crippen molar-refractivity contribution in [3.05, 3.63) is 48.6 Å². The predicted molar refractivity (Wildman–Crippen MR) is 194 cm³/mol. The van der Waals surface area contributed by atoms with Crippen LogP contribution in [0.3, 0.4) is 0 Å². The normalized spacial score (nSPS) is 13.7. The van der Waals surface area contributed by atoms with Crippen molar-refractivity contribution in [1.29, 1.82) is 0 Å². The van der Waals surface area contributed by atoms with E-state index in [1.54, 1.807) is 0 Å². The molecule has 10 heteroatoms. The third kappa shape index (κ3) is 36.8. The van der Waals surface area contributed by atoms with Crippen molar-refractivity contribution in [2.75, 3.05) is 13.2 Å². The van der Waals surface area contributed by atoms with E-state index < -0.39 is 32.5 Å². The lowest BCUT2D eigenvalue weighted by Crippen LogP contribution is -2.29. The number of phosphoric acid groups is 1. The van der Waals surface area contributed by atoms with Crippen LogP contribution in [0.15, 0.2) is 48.6 Å². The van der Waals surface area contributed by atoms with E-state index >= 15 is 0 Å². The molecule has 278 valence electrons. The Bertz CT molecular complexity index is 936. The van der Waals surface area contributed by atoms with Gasteiger partial charge in [-0.3, -0.25) is 14.1 Å². The highest BCUT2D eigenvalue weighted by atomic mass is 31.2. The van der Waals surface area contributed by atoms with Crippen LogP contribution in [0.2, 0.25) is 0 Å². The molecule has 0 aromatic carbocycles. The van der Waals surface area contributed by atoms with Gasteiger partial charge >= 0.3 is 19.8 Å². The molecule has 0 rings (SSSR count). The van der Waals surface area contributed by atoms with Gasteiger partial charge in [-0.05, 0) is 64.7 Å². The van der Waals surface area contributed by atoms with E-state index in [-0.39, 0.29) is 25.6 Å². The first kappa shape index (κ1) is 46.0. The maximum Gasteiger partial charge on any atom is 0.469 e. The predicted octanol–water partition coefficient (Wildman–Crippen LogP) is 9.76. The van der Waals surface area contributed by atoms with E-state index in [1.165, 1.54) is 51.4 Å². The van der Waals surface area contributed by atoms with Gasteiger partial charge < -0.3 is 24.4 Å². The molecule has 3 N–H and O–H groups in total. The van der Waals surface area contributed by atoms with Crippen molar-refractivity contribution in [3.8, 4) is 0 Å². The molecule has 0 aromatic rings. The van der Waals surface area contributed by atoms with E-state index in [9.17, 15) is 19.3 Å². The molecular weight excluding hydrogens is 631 g/mol.